The van der Waals surface area contributed by atoms with Gasteiger partial charge in [-0.2, -0.15) is 0 Å². The SMILES string of the molecule is CCc1cc(/C(C)=N/OCc2ccc(C3CCCCC3)c(C)c2)ccc1C(C)=O. The summed E-state index contributed by atoms with van der Waals surface area (Å²) < 4.78 is 0. The number of hydrogen-bond donors (Lipinski definition) is 0. The van der Waals surface area contributed by atoms with Gasteiger partial charge in [-0.3, -0.25) is 4.79 Å². The van der Waals surface area contributed by atoms with E-state index in [-0.39, 0.29) is 5.78 Å². The van der Waals surface area contributed by atoms with Crippen LogP contribution in [0, 0.1) is 6.92 Å². The quantitative estimate of drug-likeness (QED) is 0.297. The van der Waals surface area contributed by atoms with Crippen LogP contribution in [-0.4, -0.2) is 11.5 Å². The zero-order chi connectivity index (χ0) is 20.8. The Balaban J connectivity index is 1.64. The van der Waals surface area contributed by atoms with E-state index in [1.54, 1.807) is 6.92 Å². The van der Waals surface area contributed by atoms with Crippen molar-refractivity contribution >= 4 is 11.5 Å². The molecule has 3 rings (SSSR count). The fourth-order valence-electron chi connectivity index (χ4n) is 4.41. The van der Waals surface area contributed by atoms with Crippen LogP contribution in [0.15, 0.2) is 41.6 Å². The number of hydrogen-bond acceptors (Lipinski definition) is 3. The Hall–Kier alpha value is -2.42. The molecule has 3 heteroatoms. The first-order valence-corrected chi connectivity index (χ1v) is 10.9. The lowest BCUT2D eigenvalue weighted by molar-refractivity contribution is 0.101. The van der Waals surface area contributed by atoms with E-state index in [0.717, 1.165) is 40.3 Å². The van der Waals surface area contributed by atoms with Crippen LogP contribution in [-0.2, 0) is 17.9 Å². The maximum atomic E-state index is 11.7. The molecular formula is C26H33NO2. The summed E-state index contributed by atoms with van der Waals surface area (Å²) in [5.41, 5.74) is 7.69. The molecule has 0 atom stereocenters. The predicted molar refractivity (Wildman–Crippen MR) is 120 cm³/mol. The number of aryl methyl sites for hydroxylation is 2. The molecule has 0 saturated heterocycles. The van der Waals surface area contributed by atoms with Crippen molar-refractivity contribution in [2.45, 2.75) is 78.7 Å². The fraction of sp³-hybridized carbons (Fsp3) is 0.462. The van der Waals surface area contributed by atoms with Crippen LogP contribution in [0.1, 0.15) is 97.0 Å². The van der Waals surface area contributed by atoms with Crippen molar-refractivity contribution in [2.24, 2.45) is 5.16 Å². The highest BCUT2D eigenvalue weighted by Crippen LogP contribution is 2.34. The Kier molecular flexibility index (Phi) is 7.24. The van der Waals surface area contributed by atoms with Crippen LogP contribution in [0.3, 0.4) is 0 Å². The second kappa shape index (κ2) is 9.87. The van der Waals surface area contributed by atoms with Crippen LogP contribution in [0.5, 0.6) is 0 Å². The third-order valence-corrected chi connectivity index (χ3v) is 6.10. The van der Waals surface area contributed by atoms with Gasteiger partial charge in [0, 0.05) is 5.56 Å². The zero-order valence-corrected chi connectivity index (χ0v) is 18.3. The summed E-state index contributed by atoms with van der Waals surface area (Å²) in [6.07, 6.45) is 7.57. The van der Waals surface area contributed by atoms with Gasteiger partial charge in [-0.05, 0) is 79.8 Å². The largest absolute Gasteiger partial charge is 0.391 e. The normalized spacial score (nSPS) is 15.4. The number of benzene rings is 2. The Morgan fingerprint density at radius 3 is 2.48 bits per heavy atom. The number of oxime groups is 1. The molecule has 0 bridgehead atoms. The topological polar surface area (TPSA) is 38.7 Å². The molecule has 154 valence electrons. The third-order valence-electron chi connectivity index (χ3n) is 6.10. The number of nitrogens with zero attached hydrogens (tertiary/aromatic N) is 1. The molecule has 0 aromatic heterocycles. The minimum Gasteiger partial charge on any atom is -0.391 e. The number of carbonyl (C=O) groups excluding carboxylic acids is 1. The second-order valence-corrected chi connectivity index (χ2v) is 8.26. The van der Waals surface area contributed by atoms with Crippen LogP contribution >= 0.6 is 0 Å². The van der Waals surface area contributed by atoms with Crippen molar-refractivity contribution in [2.75, 3.05) is 0 Å². The Morgan fingerprint density at radius 2 is 1.83 bits per heavy atom. The van der Waals surface area contributed by atoms with Gasteiger partial charge in [0.25, 0.3) is 0 Å². The van der Waals surface area contributed by atoms with E-state index in [2.05, 4.69) is 37.2 Å². The highest BCUT2D eigenvalue weighted by molar-refractivity contribution is 6.01. The average Bonchev–Trinajstić information content (AvgIpc) is 2.73. The zero-order valence-electron chi connectivity index (χ0n) is 18.3. The number of ketones is 1. The van der Waals surface area contributed by atoms with Crippen molar-refractivity contribution < 1.29 is 9.63 Å². The summed E-state index contributed by atoms with van der Waals surface area (Å²) in [5.74, 6) is 0.830. The summed E-state index contributed by atoms with van der Waals surface area (Å²) in [6, 6.07) is 12.6. The van der Waals surface area contributed by atoms with E-state index < -0.39 is 0 Å². The van der Waals surface area contributed by atoms with E-state index in [0.29, 0.717) is 6.61 Å². The minimum absolute atomic E-state index is 0.103. The molecule has 0 unspecified atom stereocenters. The lowest BCUT2D eigenvalue weighted by Gasteiger charge is -2.23. The first kappa shape index (κ1) is 21.3. The van der Waals surface area contributed by atoms with Crippen molar-refractivity contribution in [1.82, 2.24) is 0 Å². The molecule has 2 aromatic carbocycles. The van der Waals surface area contributed by atoms with E-state index >= 15 is 0 Å². The van der Waals surface area contributed by atoms with Crippen molar-refractivity contribution in [3.8, 4) is 0 Å². The van der Waals surface area contributed by atoms with Gasteiger partial charge in [-0.25, -0.2) is 0 Å². The van der Waals surface area contributed by atoms with Crippen LogP contribution in [0.4, 0.5) is 0 Å². The fourth-order valence-corrected chi connectivity index (χ4v) is 4.41. The molecule has 2 aromatic rings. The molecule has 0 N–H and O–H groups in total. The summed E-state index contributed by atoms with van der Waals surface area (Å²) in [5, 5.41) is 4.31. The molecular weight excluding hydrogens is 358 g/mol. The molecule has 3 nitrogen and oxygen atoms in total. The van der Waals surface area contributed by atoms with Crippen LogP contribution in [0.25, 0.3) is 0 Å². The molecule has 1 saturated carbocycles. The maximum Gasteiger partial charge on any atom is 0.160 e. The Morgan fingerprint density at radius 1 is 1.07 bits per heavy atom. The summed E-state index contributed by atoms with van der Waals surface area (Å²) in [7, 11) is 0. The van der Waals surface area contributed by atoms with Gasteiger partial charge in [-0.15, -0.1) is 0 Å². The van der Waals surface area contributed by atoms with E-state index in [4.69, 9.17) is 4.84 Å². The Labute approximate surface area is 175 Å². The first-order chi connectivity index (χ1) is 14.0. The first-order valence-electron chi connectivity index (χ1n) is 10.9. The smallest absolute Gasteiger partial charge is 0.160 e. The molecule has 1 fully saturated rings. The van der Waals surface area contributed by atoms with Gasteiger partial charge in [0.05, 0.1) is 5.71 Å². The van der Waals surface area contributed by atoms with Crippen molar-refractivity contribution in [3.63, 3.8) is 0 Å². The molecule has 29 heavy (non-hydrogen) atoms. The highest BCUT2D eigenvalue weighted by atomic mass is 16.6. The Bertz CT molecular complexity index is 892. The van der Waals surface area contributed by atoms with Crippen LogP contribution in [0.2, 0.25) is 0 Å². The molecule has 0 radical (unpaired) electrons. The summed E-state index contributed by atoms with van der Waals surface area (Å²) in [6.45, 7) is 8.30. The number of rotatable bonds is 7. The number of Topliss-reactive ketones (excluding diaryl/α,β-unsaturated/α-hetero) is 1. The lowest BCUT2D eigenvalue weighted by atomic mass is 9.82. The second-order valence-electron chi connectivity index (χ2n) is 8.26. The third kappa shape index (κ3) is 5.35. The predicted octanol–water partition coefficient (Wildman–Crippen LogP) is 6.75. The maximum absolute atomic E-state index is 11.7. The molecule has 1 aliphatic rings. The van der Waals surface area contributed by atoms with Gasteiger partial charge in [0.1, 0.15) is 6.61 Å². The standard InChI is InChI=1S/C26H33NO2/c1-5-22-16-24(12-14-26(22)20(4)28)19(3)27-29-17-21-11-13-25(18(2)15-21)23-9-7-6-8-10-23/h11-16,23H,5-10,17H2,1-4H3/b27-19+. The van der Waals surface area contributed by atoms with Gasteiger partial charge in [0.15, 0.2) is 5.78 Å². The van der Waals surface area contributed by atoms with Gasteiger partial charge < -0.3 is 4.84 Å². The van der Waals surface area contributed by atoms with E-state index in [1.165, 1.54) is 43.2 Å². The molecule has 1 aliphatic carbocycles. The molecule has 0 aliphatic heterocycles. The molecule has 0 heterocycles. The number of carbonyl (C=O) groups is 1. The average molecular weight is 392 g/mol. The highest BCUT2D eigenvalue weighted by Gasteiger charge is 2.17. The summed E-state index contributed by atoms with van der Waals surface area (Å²) >= 11 is 0. The van der Waals surface area contributed by atoms with E-state index in [1.807, 2.05) is 25.1 Å². The lowest BCUT2D eigenvalue weighted by Crippen LogP contribution is -2.06. The van der Waals surface area contributed by atoms with Crippen molar-refractivity contribution in [1.29, 1.82) is 0 Å². The van der Waals surface area contributed by atoms with E-state index in [9.17, 15) is 4.79 Å². The van der Waals surface area contributed by atoms with Gasteiger partial charge >= 0.3 is 0 Å². The van der Waals surface area contributed by atoms with Crippen molar-refractivity contribution in [3.05, 3.63) is 69.8 Å². The molecule has 0 amide bonds. The van der Waals surface area contributed by atoms with Gasteiger partial charge in [-0.1, -0.05) is 61.7 Å². The monoisotopic (exact) mass is 391 g/mol. The molecule has 0 spiro atoms. The van der Waals surface area contributed by atoms with Gasteiger partial charge in [0.2, 0.25) is 0 Å². The van der Waals surface area contributed by atoms with Crippen LogP contribution < -0.4 is 0 Å². The summed E-state index contributed by atoms with van der Waals surface area (Å²) in [4.78, 5) is 17.4. The minimum atomic E-state index is 0.103.